The molecule has 40 heavy (non-hydrogen) atoms. The lowest BCUT2D eigenvalue weighted by Gasteiger charge is -2.22. The van der Waals surface area contributed by atoms with Gasteiger partial charge in [0.15, 0.2) is 5.01 Å². The van der Waals surface area contributed by atoms with Gasteiger partial charge in [0.25, 0.3) is 5.89 Å². The number of carboxylic acid groups (broad SMARTS) is 1. The zero-order chi connectivity index (χ0) is 29.5. The number of rotatable bonds is 9. The molecule has 0 bridgehead atoms. The van der Waals surface area contributed by atoms with Gasteiger partial charge >= 0.3 is 5.97 Å². The molecule has 13 heteroatoms. The van der Waals surface area contributed by atoms with Gasteiger partial charge in [-0.15, -0.1) is 21.5 Å². The van der Waals surface area contributed by atoms with Gasteiger partial charge in [-0.2, -0.15) is 0 Å². The Hall–Kier alpha value is -2.05. The lowest BCUT2D eigenvalue weighted by molar-refractivity contribution is -0.147. The fourth-order valence-electron chi connectivity index (χ4n) is 4.69. The van der Waals surface area contributed by atoms with Crippen molar-refractivity contribution in [2.45, 2.75) is 90.0 Å². The number of hydrogen-bond acceptors (Lipinski definition) is 8. The lowest BCUT2D eigenvalue weighted by atomic mass is 9.85. The minimum absolute atomic E-state index is 0.0644. The molecule has 2 N–H and O–H groups in total. The summed E-state index contributed by atoms with van der Waals surface area (Å²) in [4.78, 5) is 17.1. The number of carbonyl (C=O) groups is 1. The second kappa shape index (κ2) is 11.7. The highest BCUT2D eigenvalue weighted by atomic mass is 35.5. The third kappa shape index (κ3) is 7.05. The molecule has 1 aliphatic carbocycles. The van der Waals surface area contributed by atoms with Crippen molar-refractivity contribution in [2.75, 3.05) is 0 Å². The molecule has 1 aliphatic rings. The minimum atomic E-state index is -3.91. The predicted molar refractivity (Wildman–Crippen MR) is 156 cm³/mol. The van der Waals surface area contributed by atoms with Gasteiger partial charge in [0, 0.05) is 17.5 Å². The van der Waals surface area contributed by atoms with Crippen molar-refractivity contribution in [3.05, 3.63) is 33.8 Å². The van der Waals surface area contributed by atoms with Crippen molar-refractivity contribution in [3.8, 4) is 21.3 Å². The van der Waals surface area contributed by atoms with Gasteiger partial charge in [-0.1, -0.05) is 61.4 Å². The topological polar surface area (TPSA) is 135 Å². The molecule has 0 radical (unpaired) electrons. The average molecular weight is 630 g/mol. The number of aromatic nitrogens is 3. The Balaban J connectivity index is 1.75. The van der Waals surface area contributed by atoms with E-state index >= 15 is 0 Å². The van der Waals surface area contributed by atoms with Crippen molar-refractivity contribution < 1.29 is 22.7 Å². The molecule has 9 nitrogen and oxygen atoms in total. The Kier molecular flexibility index (Phi) is 9.02. The lowest BCUT2D eigenvalue weighted by Crippen LogP contribution is -2.40. The number of halogens is 2. The fourth-order valence-corrected chi connectivity index (χ4v) is 8.08. The molecule has 218 valence electrons. The monoisotopic (exact) mass is 628 g/mol. The van der Waals surface area contributed by atoms with E-state index in [1.165, 1.54) is 36.7 Å². The standard InChI is InChI=1S/C27H34Cl2N4O5S2/c1-26(2,3)33-40(36,37)18-12-11-16(20(28)21(18)29)22-17(13-15-9-7-6-8-10-15)30-24(39-22)23-32-31-19(38-23)14-27(4,5)25(34)35/h11-12,15,33H,6-10,13-14H2,1-5H3,(H,34,35). The molecular weight excluding hydrogens is 595 g/mol. The van der Waals surface area contributed by atoms with Crippen LogP contribution in [0.3, 0.4) is 0 Å². The van der Waals surface area contributed by atoms with Crippen LogP contribution in [0.4, 0.5) is 0 Å². The van der Waals surface area contributed by atoms with Gasteiger partial charge in [-0.05, 0) is 53.0 Å². The zero-order valence-electron chi connectivity index (χ0n) is 23.2. The van der Waals surface area contributed by atoms with Crippen LogP contribution in [0.15, 0.2) is 21.4 Å². The van der Waals surface area contributed by atoms with Gasteiger partial charge in [-0.25, -0.2) is 18.1 Å². The third-order valence-electron chi connectivity index (χ3n) is 6.75. The second-order valence-electron chi connectivity index (χ2n) is 12.0. The van der Waals surface area contributed by atoms with Gasteiger partial charge in [0.1, 0.15) is 4.90 Å². The van der Waals surface area contributed by atoms with Crippen LogP contribution in [-0.2, 0) is 27.7 Å². The van der Waals surface area contributed by atoms with Crippen LogP contribution in [-0.4, -0.2) is 40.2 Å². The molecule has 3 aromatic rings. The van der Waals surface area contributed by atoms with E-state index in [9.17, 15) is 18.3 Å². The van der Waals surface area contributed by atoms with E-state index in [2.05, 4.69) is 14.9 Å². The maximum absolute atomic E-state index is 13.0. The van der Waals surface area contributed by atoms with E-state index < -0.39 is 26.9 Å². The smallest absolute Gasteiger partial charge is 0.309 e. The van der Waals surface area contributed by atoms with Crippen LogP contribution in [0.25, 0.3) is 21.3 Å². The van der Waals surface area contributed by atoms with Crippen LogP contribution < -0.4 is 4.72 Å². The van der Waals surface area contributed by atoms with E-state index in [1.54, 1.807) is 40.7 Å². The Morgan fingerprint density at radius 1 is 1.10 bits per heavy atom. The molecule has 0 atom stereocenters. The summed E-state index contributed by atoms with van der Waals surface area (Å²) in [5.74, 6) is -0.113. The molecule has 0 amide bonds. The zero-order valence-corrected chi connectivity index (χ0v) is 26.3. The molecule has 2 aromatic heterocycles. The summed E-state index contributed by atoms with van der Waals surface area (Å²) < 4.78 is 34.4. The molecule has 0 aliphatic heterocycles. The van der Waals surface area contributed by atoms with Crippen molar-refractivity contribution in [3.63, 3.8) is 0 Å². The predicted octanol–water partition coefficient (Wildman–Crippen LogP) is 7.02. The first-order chi connectivity index (χ1) is 18.6. The van der Waals surface area contributed by atoms with Gasteiger partial charge < -0.3 is 9.52 Å². The number of sulfonamides is 1. The van der Waals surface area contributed by atoms with Crippen molar-refractivity contribution in [2.24, 2.45) is 11.3 Å². The van der Waals surface area contributed by atoms with E-state index in [4.69, 9.17) is 32.6 Å². The van der Waals surface area contributed by atoms with Crippen LogP contribution in [0, 0.1) is 11.3 Å². The summed E-state index contributed by atoms with van der Waals surface area (Å²) in [5, 5.41) is 18.2. The van der Waals surface area contributed by atoms with Gasteiger partial charge in [0.05, 0.1) is 26.0 Å². The number of hydrogen-bond donors (Lipinski definition) is 2. The maximum Gasteiger partial charge on any atom is 0.309 e. The first kappa shape index (κ1) is 30.9. The maximum atomic E-state index is 13.0. The molecule has 1 saturated carbocycles. The summed E-state index contributed by atoms with van der Waals surface area (Å²) in [7, 11) is -3.91. The molecule has 1 fully saturated rings. The van der Waals surface area contributed by atoms with E-state index in [0.29, 0.717) is 16.5 Å². The molecule has 4 rings (SSSR count). The third-order valence-corrected chi connectivity index (χ3v) is 10.7. The van der Waals surface area contributed by atoms with Crippen molar-refractivity contribution in [1.29, 1.82) is 0 Å². The van der Waals surface area contributed by atoms with E-state index in [0.717, 1.165) is 29.8 Å². The minimum Gasteiger partial charge on any atom is -0.481 e. The highest BCUT2D eigenvalue weighted by Gasteiger charge is 2.32. The summed E-state index contributed by atoms with van der Waals surface area (Å²) in [6, 6.07) is 3.11. The van der Waals surface area contributed by atoms with E-state index in [-0.39, 0.29) is 33.1 Å². The summed E-state index contributed by atoms with van der Waals surface area (Å²) in [6.45, 7) is 8.43. The van der Waals surface area contributed by atoms with Crippen molar-refractivity contribution in [1.82, 2.24) is 19.9 Å². The van der Waals surface area contributed by atoms with E-state index in [1.807, 2.05) is 0 Å². The largest absolute Gasteiger partial charge is 0.481 e. The quantitative estimate of drug-likeness (QED) is 0.258. The van der Waals surface area contributed by atoms with Gasteiger partial charge in [-0.3, -0.25) is 4.79 Å². The first-order valence-corrected chi connectivity index (χ1v) is 16.2. The number of thiazole rings is 1. The molecule has 0 spiro atoms. The molecular formula is C27H34Cl2N4O5S2. The Morgan fingerprint density at radius 2 is 1.77 bits per heavy atom. The number of benzene rings is 1. The Morgan fingerprint density at radius 3 is 2.40 bits per heavy atom. The molecule has 0 unspecified atom stereocenters. The van der Waals surface area contributed by atoms with Crippen LogP contribution in [0.1, 0.15) is 78.3 Å². The normalized spacial score (nSPS) is 15.5. The number of carboxylic acids is 1. The Labute approximate surface area is 248 Å². The Bertz CT molecular complexity index is 1500. The fraction of sp³-hybridized carbons (Fsp3) is 0.556. The second-order valence-corrected chi connectivity index (χ2v) is 15.4. The molecule has 1 aromatic carbocycles. The van der Waals surface area contributed by atoms with Crippen LogP contribution in [0.5, 0.6) is 0 Å². The highest BCUT2D eigenvalue weighted by molar-refractivity contribution is 7.89. The first-order valence-electron chi connectivity index (χ1n) is 13.2. The number of nitrogens with one attached hydrogen (secondary N) is 1. The SMILES string of the molecule is CC(C)(C)NS(=O)(=O)c1ccc(-c2sc(-c3nnc(CC(C)(C)C(=O)O)o3)nc2CC2CCCCC2)c(Cl)c1Cl. The van der Waals surface area contributed by atoms with Crippen LogP contribution >= 0.6 is 34.5 Å². The summed E-state index contributed by atoms with van der Waals surface area (Å²) in [5.41, 5.74) is -0.394. The van der Waals surface area contributed by atoms with Gasteiger partial charge in [0.2, 0.25) is 15.9 Å². The molecule has 0 saturated heterocycles. The van der Waals surface area contributed by atoms with Crippen molar-refractivity contribution >= 4 is 50.5 Å². The summed E-state index contributed by atoms with van der Waals surface area (Å²) >= 11 is 14.6. The van der Waals surface area contributed by atoms with Crippen LogP contribution in [0.2, 0.25) is 10.0 Å². The number of aliphatic carboxylic acids is 1. The summed E-state index contributed by atoms with van der Waals surface area (Å²) in [6.07, 6.45) is 6.56. The number of nitrogens with zero attached hydrogens (tertiary/aromatic N) is 3. The average Bonchev–Trinajstić information content (AvgIpc) is 3.46. The molecule has 2 heterocycles. The highest BCUT2D eigenvalue weighted by Crippen LogP contribution is 2.44.